The molecule has 2 saturated heterocycles. The van der Waals surface area contributed by atoms with Gasteiger partial charge in [0.2, 0.25) is 18.0 Å². The number of likely N-dealkylation sites (N-methyl/N-ethyl adjacent to an activating group) is 1. The Balaban J connectivity index is 1.43. The number of rotatable bonds is 12. The van der Waals surface area contributed by atoms with Gasteiger partial charge in [0, 0.05) is 45.1 Å². The largest absolute Gasteiger partial charge is 0.477 e. The van der Waals surface area contributed by atoms with Gasteiger partial charge in [-0.3, -0.25) is 52.7 Å². The molecule has 0 saturated carbocycles. The van der Waals surface area contributed by atoms with Crippen molar-refractivity contribution in [3.63, 3.8) is 0 Å². The van der Waals surface area contributed by atoms with E-state index in [0.29, 0.717) is 4.90 Å². The lowest BCUT2D eigenvalue weighted by molar-refractivity contribution is -0.163. The number of H-pyrrole nitrogens is 1. The van der Waals surface area contributed by atoms with Gasteiger partial charge in [-0.2, -0.15) is 0 Å². The van der Waals surface area contributed by atoms with Gasteiger partial charge in [0.25, 0.3) is 5.91 Å². The van der Waals surface area contributed by atoms with Crippen molar-refractivity contribution in [2.75, 3.05) is 31.1 Å². The number of carbonyl (C=O) groups excluding carboxylic acids is 7. The standard InChI is InChI=1S/C30H31N9O12S2/c1-4-37-9-10-38(24(46)23(37)45)28(50)32-18(15-5-7-17(8-6-15)51-14(2)41)20(42)33-30(31-13-40)26(49)39-19(25(47)48)16(11-52-27(30)39)12-53-29-35-34-21(43)22(44)36(29)3/h5-8,13,18,27H,4,9-12H2,1-3H3,(H,31,40)(H,32,50)(H,33,42)(H,34,43)(H,47,48)/t18?,27-,30+/m0/s1. The summed E-state index contributed by atoms with van der Waals surface area (Å²) in [6.45, 7) is 2.90. The molecule has 0 bridgehead atoms. The van der Waals surface area contributed by atoms with Crippen LogP contribution in [0.2, 0.25) is 0 Å². The number of carbonyl (C=O) groups is 8. The summed E-state index contributed by atoms with van der Waals surface area (Å²) in [6.07, 6.45) is 0.132. The zero-order valence-electron chi connectivity index (χ0n) is 28.1. The molecule has 5 rings (SSSR count). The molecule has 1 aromatic carbocycles. The first-order valence-corrected chi connectivity index (χ1v) is 17.6. The highest BCUT2D eigenvalue weighted by Crippen LogP contribution is 2.46. The molecule has 0 aliphatic carbocycles. The molecule has 1 unspecified atom stereocenters. The second kappa shape index (κ2) is 15.3. The minimum atomic E-state index is -2.22. The van der Waals surface area contributed by atoms with E-state index >= 15 is 0 Å². The number of nitrogens with zero attached hydrogens (tertiary/aromatic N) is 5. The Hall–Kier alpha value is -5.97. The number of imide groups is 1. The van der Waals surface area contributed by atoms with Crippen molar-refractivity contribution < 1.29 is 48.2 Å². The van der Waals surface area contributed by atoms with E-state index in [-0.39, 0.29) is 59.6 Å². The molecular weight excluding hydrogens is 743 g/mol. The molecule has 23 heteroatoms. The number of urea groups is 1. The lowest BCUT2D eigenvalue weighted by Crippen LogP contribution is -2.85. The number of esters is 1. The molecule has 280 valence electrons. The number of ether oxygens (including phenoxy) is 1. The van der Waals surface area contributed by atoms with Gasteiger partial charge >= 0.3 is 40.9 Å². The molecule has 2 aromatic rings. The van der Waals surface area contributed by atoms with Gasteiger partial charge in [0.1, 0.15) is 22.9 Å². The fourth-order valence-electron chi connectivity index (χ4n) is 5.68. The van der Waals surface area contributed by atoms with E-state index in [1.54, 1.807) is 6.92 Å². The Morgan fingerprint density at radius 1 is 1.13 bits per heavy atom. The number of hydrogen-bond acceptors (Lipinski definition) is 14. The predicted octanol–water partition coefficient (Wildman–Crippen LogP) is -2.56. The van der Waals surface area contributed by atoms with E-state index < -0.39 is 75.5 Å². The molecule has 1 aromatic heterocycles. The van der Waals surface area contributed by atoms with E-state index in [9.17, 15) is 53.1 Å². The van der Waals surface area contributed by atoms with Gasteiger partial charge in [0.05, 0.1) is 0 Å². The van der Waals surface area contributed by atoms with Crippen LogP contribution in [-0.4, -0.2) is 125 Å². The number of aromatic nitrogens is 3. The van der Waals surface area contributed by atoms with Crippen molar-refractivity contribution in [1.82, 2.24) is 45.4 Å². The highest BCUT2D eigenvalue weighted by atomic mass is 32.2. The van der Waals surface area contributed by atoms with Gasteiger partial charge in [-0.05, 0) is 30.2 Å². The minimum absolute atomic E-state index is 0.0316. The molecule has 0 spiro atoms. The molecule has 3 atom stereocenters. The summed E-state index contributed by atoms with van der Waals surface area (Å²) < 4.78 is 6.01. The molecule has 21 nitrogen and oxygen atoms in total. The second-order valence-corrected chi connectivity index (χ2v) is 13.5. The summed E-state index contributed by atoms with van der Waals surface area (Å²) in [4.78, 5) is 129. The third-order valence-electron chi connectivity index (χ3n) is 8.32. The predicted molar refractivity (Wildman–Crippen MR) is 182 cm³/mol. The number of hydrogen-bond donors (Lipinski definition) is 5. The molecule has 7 amide bonds. The number of carboxylic acid groups (broad SMARTS) is 1. The molecule has 3 aliphatic heterocycles. The van der Waals surface area contributed by atoms with Gasteiger partial charge in [-0.1, -0.05) is 23.9 Å². The summed E-state index contributed by atoms with van der Waals surface area (Å²) in [5.74, 6) is -6.35. The van der Waals surface area contributed by atoms with E-state index in [2.05, 4.69) is 26.1 Å². The third kappa shape index (κ3) is 7.24. The Labute approximate surface area is 306 Å². The summed E-state index contributed by atoms with van der Waals surface area (Å²) in [6, 6.07) is 2.46. The monoisotopic (exact) mass is 773 g/mol. The van der Waals surface area contributed by atoms with Crippen LogP contribution in [0.25, 0.3) is 0 Å². The number of amides is 7. The molecular formula is C30H31N9O12S2. The number of benzene rings is 1. The summed E-state index contributed by atoms with van der Waals surface area (Å²) >= 11 is 1.91. The summed E-state index contributed by atoms with van der Waals surface area (Å²) in [5, 5.41) is 22.0. The quantitative estimate of drug-likeness (QED) is 0.0282. The van der Waals surface area contributed by atoms with Crippen LogP contribution in [-0.2, 0) is 40.6 Å². The van der Waals surface area contributed by atoms with E-state index in [0.717, 1.165) is 33.0 Å². The number of nitrogens with one attached hydrogen (secondary N) is 4. The number of thioether (sulfide) groups is 2. The van der Waals surface area contributed by atoms with Crippen molar-refractivity contribution in [1.29, 1.82) is 0 Å². The summed E-state index contributed by atoms with van der Waals surface area (Å²) in [7, 11) is 1.31. The maximum atomic E-state index is 14.1. The van der Waals surface area contributed by atoms with Crippen molar-refractivity contribution >= 4 is 71.5 Å². The Kier molecular flexibility index (Phi) is 11.1. The minimum Gasteiger partial charge on any atom is -0.477 e. The van der Waals surface area contributed by atoms with Crippen LogP contribution in [0.4, 0.5) is 4.79 Å². The zero-order chi connectivity index (χ0) is 38.8. The first-order valence-electron chi connectivity index (χ1n) is 15.6. The van der Waals surface area contributed by atoms with Gasteiger partial charge in [-0.25, -0.2) is 14.7 Å². The fourth-order valence-corrected chi connectivity index (χ4v) is 8.17. The SMILES string of the molecule is CCN1CCN(C(=O)NC(C(=O)N[C@]2(NC=O)C(=O)N3C(C(=O)O)=C(CSc4n[nH]c(=O)c(=O)n4C)CS[C@H]32)c2ccc(OC(C)=O)cc2)C(=O)C1=O. The van der Waals surface area contributed by atoms with Crippen LogP contribution < -0.4 is 31.8 Å². The van der Waals surface area contributed by atoms with E-state index in [4.69, 9.17) is 4.74 Å². The van der Waals surface area contributed by atoms with Gasteiger partial charge in [0.15, 0.2) is 5.16 Å². The second-order valence-electron chi connectivity index (χ2n) is 11.5. The normalized spacial score (nSPS) is 20.2. The highest BCUT2D eigenvalue weighted by molar-refractivity contribution is 8.01. The fraction of sp³-hybridized carbons (Fsp3) is 0.367. The molecule has 3 aliphatic rings. The first-order chi connectivity index (χ1) is 25.1. The number of piperazine rings is 1. The van der Waals surface area contributed by atoms with Crippen molar-refractivity contribution in [3.8, 4) is 5.75 Å². The molecule has 53 heavy (non-hydrogen) atoms. The van der Waals surface area contributed by atoms with Crippen molar-refractivity contribution in [2.45, 2.75) is 36.1 Å². The molecule has 2 fully saturated rings. The van der Waals surface area contributed by atoms with Crippen molar-refractivity contribution in [2.24, 2.45) is 7.05 Å². The van der Waals surface area contributed by atoms with Crippen LogP contribution in [0.5, 0.6) is 5.75 Å². The smallest absolute Gasteiger partial charge is 0.352 e. The van der Waals surface area contributed by atoms with Crippen LogP contribution in [0.1, 0.15) is 25.5 Å². The summed E-state index contributed by atoms with van der Waals surface area (Å²) in [5.41, 5.74) is -4.21. The highest BCUT2D eigenvalue weighted by Gasteiger charge is 2.66. The molecule has 5 N–H and O–H groups in total. The molecule has 0 radical (unpaired) electrons. The maximum Gasteiger partial charge on any atom is 0.352 e. The average Bonchev–Trinajstić information content (AvgIpc) is 3.12. The van der Waals surface area contributed by atoms with Crippen LogP contribution in [0, 0.1) is 0 Å². The number of β-lactam (4-membered cyclic amide) rings is 1. The van der Waals surface area contributed by atoms with Crippen LogP contribution in [0.3, 0.4) is 0 Å². The Morgan fingerprint density at radius 2 is 1.83 bits per heavy atom. The molecule has 4 heterocycles. The zero-order valence-corrected chi connectivity index (χ0v) is 29.7. The van der Waals surface area contributed by atoms with E-state index in [1.807, 2.05) is 0 Å². The number of aliphatic carboxylic acids is 1. The van der Waals surface area contributed by atoms with Gasteiger partial charge in [-0.15, -0.1) is 16.9 Å². The van der Waals surface area contributed by atoms with E-state index in [1.165, 1.54) is 43.1 Å². The number of carboxylic acids is 1. The first kappa shape index (κ1) is 38.3. The third-order valence-corrected chi connectivity index (χ3v) is 10.8. The maximum absolute atomic E-state index is 14.1. The number of fused-ring (bicyclic) bond motifs is 1. The van der Waals surface area contributed by atoms with Gasteiger partial charge < -0.3 is 30.7 Å². The van der Waals surface area contributed by atoms with Crippen LogP contribution >= 0.6 is 23.5 Å². The lowest BCUT2D eigenvalue weighted by atomic mass is 9.94. The van der Waals surface area contributed by atoms with Crippen LogP contribution in [0.15, 0.2) is 50.3 Å². The Bertz CT molecular complexity index is 2070. The lowest BCUT2D eigenvalue weighted by Gasteiger charge is -2.56. The Morgan fingerprint density at radius 3 is 2.45 bits per heavy atom. The van der Waals surface area contributed by atoms with Crippen molar-refractivity contribution in [3.05, 3.63) is 61.8 Å². The topological polar surface area (TPSA) is 280 Å². The average molecular weight is 774 g/mol. The number of aromatic amines is 1.